The highest BCUT2D eigenvalue weighted by atomic mass is 16.8. The van der Waals surface area contributed by atoms with Crippen molar-refractivity contribution in [3.63, 3.8) is 0 Å². The highest BCUT2D eigenvalue weighted by Crippen LogP contribution is 2.34. The Hall–Kier alpha value is -3.13. The first-order chi connectivity index (χ1) is 27.9. The van der Waals surface area contributed by atoms with E-state index >= 15 is 0 Å². The van der Waals surface area contributed by atoms with Crippen LogP contribution in [-0.2, 0) is 47.4 Å². The van der Waals surface area contributed by atoms with Crippen LogP contribution in [0, 0.1) is 0 Å². The smallest absolute Gasteiger partial charge is 0.339 e. The normalized spacial score (nSPS) is 42.8. The molecular formula is C34H48O25. The van der Waals surface area contributed by atoms with Crippen molar-refractivity contribution in [2.24, 2.45) is 0 Å². The van der Waals surface area contributed by atoms with Crippen LogP contribution in [-0.4, -0.2) is 234 Å². The van der Waals surface area contributed by atoms with Gasteiger partial charge in [-0.25, -0.2) is 9.59 Å². The van der Waals surface area contributed by atoms with Crippen LogP contribution in [0.1, 0.15) is 27.6 Å². The largest absolute Gasteiger partial charge is 0.478 e. The third-order valence-electron chi connectivity index (χ3n) is 10.0. The second-order valence-corrected chi connectivity index (χ2v) is 14.0. The predicted octanol–water partition coefficient (Wildman–Crippen LogP) is -7.62. The van der Waals surface area contributed by atoms with Crippen molar-refractivity contribution in [2.45, 2.75) is 130 Å². The Morgan fingerprint density at radius 1 is 0.525 bits per heavy atom. The van der Waals surface area contributed by atoms with Gasteiger partial charge in [-0.2, -0.15) is 0 Å². The number of carbonyl (C=O) groups excluding carboxylic acids is 2. The maximum absolute atomic E-state index is 12.9. The molecule has 13 N–H and O–H groups in total. The molecule has 0 spiro atoms. The summed E-state index contributed by atoms with van der Waals surface area (Å²) in [6.45, 7) is -2.66. The topological polar surface area (TPSA) is 397 Å². The quantitative estimate of drug-likeness (QED) is 0.0773. The van der Waals surface area contributed by atoms with Crippen molar-refractivity contribution in [3.8, 4) is 0 Å². The predicted molar refractivity (Wildman–Crippen MR) is 180 cm³/mol. The highest BCUT2D eigenvalue weighted by Gasteiger charge is 2.55. The number of carbonyl (C=O) groups is 3. The van der Waals surface area contributed by atoms with Gasteiger partial charge in [0.25, 0.3) is 0 Å². The van der Waals surface area contributed by atoms with Gasteiger partial charge >= 0.3 is 17.9 Å². The SMILES string of the molecule is CC(=O)OC1O[C@@H](COC(=O)c2ccccc2C(=O)O)[C@H](O[C@@H]2O[C@@H](CO)[C@H](O[C@H]3O[C@@H](CO)[C@H](O[C@H]4O[C@@H](CO)[C@H](O)[C@@H](O)[C@@H]4O)[C@@H](O)[C@@H]3O)[C@@H](O)[C@@H]2O)[C@@H](O)[C@@H]1O. The van der Waals surface area contributed by atoms with Crippen molar-refractivity contribution in [1.29, 1.82) is 0 Å². The number of carboxylic acids is 1. The summed E-state index contributed by atoms with van der Waals surface area (Å²) in [5.41, 5.74) is -0.797. The van der Waals surface area contributed by atoms with Gasteiger partial charge in [0.05, 0.1) is 30.9 Å². The molecule has 59 heavy (non-hydrogen) atoms. The molecule has 1 aromatic carbocycles. The number of carboxylic acid groups (broad SMARTS) is 1. The molecule has 0 aliphatic carbocycles. The van der Waals surface area contributed by atoms with Crippen LogP contribution >= 0.6 is 0 Å². The number of aromatic carboxylic acids is 1. The van der Waals surface area contributed by atoms with Crippen LogP contribution in [0.5, 0.6) is 0 Å². The zero-order valence-corrected chi connectivity index (χ0v) is 30.9. The minimum atomic E-state index is -2.16. The molecule has 25 nitrogen and oxygen atoms in total. The fraction of sp³-hybridized carbons (Fsp3) is 0.735. The van der Waals surface area contributed by atoms with Crippen LogP contribution in [0.4, 0.5) is 0 Å². The molecule has 4 saturated heterocycles. The molecule has 5 rings (SSSR count). The Labute approximate surface area is 332 Å². The summed E-state index contributed by atoms with van der Waals surface area (Å²) in [4.78, 5) is 36.2. The van der Waals surface area contributed by atoms with Gasteiger partial charge in [-0.1, -0.05) is 12.1 Å². The summed E-state index contributed by atoms with van der Waals surface area (Å²) in [5.74, 6) is -3.59. The van der Waals surface area contributed by atoms with E-state index in [1.165, 1.54) is 12.1 Å². The van der Waals surface area contributed by atoms with Gasteiger partial charge < -0.3 is 109 Å². The first kappa shape index (κ1) is 46.9. The highest BCUT2D eigenvalue weighted by molar-refractivity contribution is 6.02. The molecule has 0 bridgehead atoms. The summed E-state index contributed by atoms with van der Waals surface area (Å²) < 4.78 is 49.0. The molecule has 334 valence electrons. The maximum Gasteiger partial charge on any atom is 0.339 e. The molecule has 0 aromatic heterocycles. The number of hydrogen-bond donors (Lipinski definition) is 13. The van der Waals surface area contributed by atoms with Crippen molar-refractivity contribution < 1.29 is 123 Å². The van der Waals surface area contributed by atoms with E-state index in [0.29, 0.717) is 0 Å². The van der Waals surface area contributed by atoms with Crippen molar-refractivity contribution in [3.05, 3.63) is 35.4 Å². The first-order valence-electron chi connectivity index (χ1n) is 18.1. The molecule has 4 aliphatic rings. The molecule has 1 aromatic rings. The molecule has 20 atom stereocenters. The van der Waals surface area contributed by atoms with E-state index in [2.05, 4.69) is 0 Å². The average molecular weight is 857 g/mol. The van der Waals surface area contributed by atoms with E-state index in [9.17, 15) is 80.8 Å². The summed E-state index contributed by atoms with van der Waals surface area (Å²) in [5, 5.41) is 136. The molecular weight excluding hydrogens is 808 g/mol. The molecule has 0 radical (unpaired) electrons. The number of hydrogen-bond acceptors (Lipinski definition) is 24. The van der Waals surface area contributed by atoms with E-state index in [0.717, 1.165) is 19.1 Å². The summed E-state index contributed by atoms with van der Waals surface area (Å²) in [7, 11) is 0. The zero-order valence-electron chi connectivity index (χ0n) is 30.9. The molecule has 0 amide bonds. The van der Waals surface area contributed by atoms with Gasteiger partial charge in [-0.15, -0.1) is 0 Å². The van der Waals surface area contributed by atoms with Gasteiger partial charge in [0.2, 0.25) is 6.29 Å². The van der Waals surface area contributed by atoms with Crippen molar-refractivity contribution in [1.82, 2.24) is 0 Å². The van der Waals surface area contributed by atoms with E-state index in [1.807, 2.05) is 0 Å². The lowest BCUT2D eigenvalue weighted by Gasteiger charge is -2.49. The third-order valence-corrected chi connectivity index (χ3v) is 10.0. The molecule has 4 fully saturated rings. The van der Waals surface area contributed by atoms with E-state index in [-0.39, 0.29) is 5.56 Å². The molecule has 25 heteroatoms. The van der Waals surface area contributed by atoms with Crippen LogP contribution < -0.4 is 0 Å². The number of esters is 2. The standard InChI is InChI=1S/C34H48O25/c1-10(38)52-31-23(45)21(43)28(16(56-31)9-51-30(50)12-5-3-2-4-11(12)29(48)49)59-34-25(47)20(42)27(15(8-37)55-34)58-33-24(46)19(41)26(14(7-36)54-33)57-32-22(44)18(40)17(39)13(6-35)53-32/h2-5,13-28,31-37,39-47H,6-9H2,1H3,(H,48,49)/t13-,14-,15-,16-,17-,18+,19-,20-,21-,22-,23-,24-,25-,26-,27-,28-,31?,32+,33+,34-/m0/s1. The van der Waals surface area contributed by atoms with E-state index in [1.54, 1.807) is 0 Å². The number of benzene rings is 1. The van der Waals surface area contributed by atoms with Gasteiger partial charge in [0.1, 0.15) is 104 Å². The first-order valence-corrected chi connectivity index (χ1v) is 18.1. The van der Waals surface area contributed by atoms with E-state index < -0.39 is 173 Å². The fourth-order valence-corrected chi connectivity index (χ4v) is 6.86. The second kappa shape index (κ2) is 20.2. The number of ether oxygens (including phenoxy) is 9. The fourth-order valence-electron chi connectivity index (χ4n) is 6.86. The van der Waals surface area contributed by atoms with Crippen molar-refractivity contribution >= 4 is 17.9 Å². The molecule has 1 unspecified atom stereocenters. The van der Waals surface area contributed by atoms with Crippen LogP contribution in [0.2, 0.25) is 0 Å². The minimum absolute atomic E-state index is 0.377. The number of aliphatic hydroxyl groups is 12. The summed E-state index contributed by atoms with van der Waals surface area (Å²) in [6.07, 6.45) is -37.4. The third kappa shape index (κ3) is 10.2. The molecule has 0 saturated carbocycles. The lowest BCUT2D eigenvalue weighted by molar-refractivity contribution is -0.387. The Morgan fingerprint density at radius 3 is 1.36 bits per heavy atom. The zero-order chi connectivity index (χ0) is 43.5. The molecule has 4 aliphatic heterocycles. The van der Waals surface area contributed by atoms with Crippen molar-refractivity contribution in [2.75, 3.05) is 26.4 Å². The Balaban J connectivity index is 1.28. The average Bonchev–Trinajstić information content (AvgIpc) is 3.21. The Bertz CT molecular complexity index is 1560. The molecule has 4 heterocycles. The lowest BCUT2D eigenvalue weighted by Crippen LogP contribution is -2.67. The van der Waals surface area contributed by atoms with Gasteiger partial charge in [0.15, 0.2) is 18.9 Å². The number of aliphatic hydroxyl groups excluding tert-OH is 12. The summed E-state index contributed by atoms with van der Waals surface area (Å²) in [6, 6.07) is 5.00. The van der Waals surface area contributed by atoms with Gasteiger partial charge in [-0.05, 0) is 12.1 Å². The number of rotatable bonds is 14. The van der Waals surface area contributed by atoms with Gasteiger partial charge in [-0.3, -0.25) is 4.79 Å². The summed E-state index contributed by atoms with van der Waals surface area (Å²) >= 11 is 0. The Morgan fingerprint density at radius 2 is 0.915 bits per heavy atom. The minimum Gasteiger partial charge on any atom is -0.478 e. The van der Waals surface area contributed by atoms with Crippen LogP contribution in [0.25, 0.3) is 0 Å². The lowest BCUT2D eigenvalue weighted by atomic mass is 9.95. The van der Waals surface area contributed by atoms with E-state index in [4.69, 9.17) is 42.6 Å². The van der Waals surface area contributed by atoms with Crippen LogP contribution in [0.3, 0.4) is 0 Å². The second-order valence-electron chi connectivity index (χ2n) is 14.0. The van der Waals surface area contributed by atoms with Gasteiger partial charge in [0, 0.05) is 6.92 Å². The maximum atomic E-state index is 12.9. The van der Waals surface area contributed by atoms with Crippen LogP contribution in [0.15, 0.2) is 24.3 Å². The Kier molecular flexibility index (Phi) is 16.0. The monoisotopic (exact) mass is 856 g/mol.